The first-order chi connectivity index (χ1) is 4.11. The summed E-state index contributed by atoms with van der Waals surface area (Å²) in [4.78, 5) is 0. The van der Waals surface area contributed by atoms with E-state index in [9.17, 15) is 0 Å². The number of hydrogen-bond donors (Lipinski definition) is 0. The molecule has 0 saturated carbocycles. The molecule has 0 fully saturated rings. The van der Waals surface area contributed by atoms with Crippen molar-refractivity contribution >= 4 is 15.0 Å². The van der Waals surface area contributed by atoms with Crippen LogP contribution in [0.2, 0.25) is 0 Å². The number of nitrogens with zero attached hydrogens (tertiary/aromatic N) is 2. The Morgan fingerprint density at radius 2 is 2.00 bits per heavy atom. The summed E-state index contributed by atoms with van der Waals surface area (Å²) in [6, 6.07) is 0. The Balaban J connectivity index is 0.000000810. The molecule has 1 aromatic rings. The van der Waals surface area contributed by atoms with Crippen LogP contribution in [-0.2, 0) is 5.54 Å². The summed E-state index contributed by atoms with van der Waals surface area (Å²) in [7, 11) is 0. The van der Waals surface area contributed by atoms with Crippen molar-refractivity contribution in [3.8, 4) is 0 Å². The Hall–Kier alpha value is 0.589. The van der Waals surface area contributed by atoms with Gasteiger partial charge in [-0.3, -0.25) is 0 Å². The van der Waals surface area contributed by atoms with Crippen LogP contribution in [0.25, 0.3) is 0 Å². The van der Waals surface area contributed by atoms with Crippen molar-refractivity contribution in [3.05, 3.63) is 12.4 Å². The van der Waals surface area contributed by atoms with Gasteiger partial charge in [0.05, 0.1) is 0 Å². The molecule has 0 unspecified atom stereocenters. The van der Waals surface area contributed by atoms with Gasteiger partial charge < -0.3 is 24.0 Å². The zero-order chi connectivity index (χ0) is 6.91. The second-order valence-electron chi connectivity index (χ2n) is 2.98. The third kappa shape index (κ3) is 2.68. The summed E-state index contributed by atoms with van der Waals surface area (Å²) in [5.74, 6) is 0. The van der Waals surface area contributed by atoms with Gasteiger partial charge in [-0.25, -0.2) is 0 Å². The van der Waals surface area contributed by atoms with Crippen LogP contribution in [0.3, 0.4) is 0 Å². The molecule has 58 valence electrons. The first-order valence-corrected chi connectivity index (χ1v) is 4.47. The van der Waals surface area contributed by atoms with Crippen molar-refractivity contribution in [1.82, 2.24) is 3.98 Å². The standard InChI is InChI=1S/C6H11N2Se.HI/c1-6(2,3)8-5-4-7-9-8;/h4-5H,1-3H3;1H/q+1;/p-1. The van der Waals surface area contributed by atoms with E-state index in [0.29, 0.717) is 15.0 Å². The third-order valence-corrected chi connectivity index (χ3v) is 3.29. The second-order valence-corrected chi connectivity index (χ2v) is 4.59. The van der Waals surface area contributed by atoms with Crippen molar-refractivity contribution in [2.24, 2.45) is 0 Å². The van der Waals surface area contributed by atoms with Crippen molar-refractivity contribution < 1.29 is 27.5 Å². The van der Waals surface area contributed by atoms with E-state index in [1.165, 1.54) is 0 Å². The van der Waals surface area contributed by atoms with E-state index in [-0.39, 0.29) is 29.5 Å². The topological polar surface area (TPSA) is 16.8 Å². The van der Waals surface area contributed by atoms with Crippen molar-refractivity contribution in [2.75, 3.05) is 0 Å². The molecule has 0 saturated heterocycles. The fourth-order valence-electron chi connectivity index (χ4n) is 0.539. The van der Waals surface area contributed by atoms with E-state index in [0.717, 1.165) is 0 Å². The summed E-state index contributed by atoms with van der Waals surface area (Å²) >= 11 is 0.318. The molecular weight excluding hydrogens is 306 g/mol. The van der Waals surface area contributed by atoms with Gasteiger partial charge in [0.25, 0.3) is 0 Å². The second kappa shape index (κ2) is 3.83. The quantitative estimate of drug-likeness (QED) is 0.373. The van der Waals surface area contributed by atoms with Gasteiger partial charge in [0.2, 0.25) is 0 Å². The summed E-state index contributed by atoms with van der Waals surface area (Å²) in [5.41, 5.74) is 0.260. The Labute approximate surface area is 84.9 Å². The van der Waals surface area contributed by atoms with E-state index < -0.39 is 0 Å². The average molecular weight is 317 g/mol. The number of rotatable bonds is 0. The maximum atomic E-state index is 4.14. The predicted octanol–water partition coefficient (Wildman–Crippen LogP) is -2.81. The maximum absolute atomic E-state index is 4.14. The molecule has 2 nitrogen and oxygen atoms in total. The van der Waals surface area contributed by atoms with Crippen LogP contribution in [0, 0.1) is 0 Å². The molecule has 0 aliphatic heterocycles. The maximum Gasteiger partial charge on any atom is -1.00 e. The van der Waals surface area contributed by atoms with Crippen LogP contribution < -0.4 is 27.5 Å². The molecule has 10 heavy (non-hydrogen) atoms. The minimum absolute atomic E-state index is 0. The van der Waals surface area contributed by atoms with E-state index in [4.69, 9.17) is 0 Å². The molecule has 0 aromatic carbocycles. The van der Waals surface area contributed by atoms with Crippen LogP contribution in [0.15, 0.2) is 12.4 Å². The van der Waals surface area contributed by atoms with E-state index in [2.05, 4.69) is 34.5 Å². The van der Waals surface area contributed by atoms with Crippen molar-refractivity contribution in [2.45, 2.75) is 26.3 Å². The molecule has 0 bridgehead atoms. The van der Waals surface area contributed by atoms with Gasteiger partial charge in [0.1, 0.15) is 0 Å². The molecule has 1 aromatic heterocycles. The van der Waals surface area contributed by atoms with Gasteiger partial charge in [0, 0.05) is 0 Å². The number of aromatic nitrogens is 2. The molecule has 4 heteroatoms. The van der Waals surface area contributed by atoms with Crippen molar-refractivity contribution in [3.63, 3.8) is 0 Å². The minimum Gasteiger partial charge on any atom is -1.00 e. The van der Waals surface area contributed by atoms with Gasteiger partial charge in [0.15, 0.2) is 0 Å². The molecule has 0 spiro atoms. The Morgan fingerprint density at radius 1 is 1.40 bits per heavy atom. The molecule has 0 amide bonds. The Kier molecular flexibility index (Phi) is 4.06. The minimum atomic E-state index is 0. The van der Waals surface area contributed by atoms with Crippen LogP contribution in [0.4, 0.5) is 0 Å². The van der Waals surface area contributed by atoms with Gasteiger partial charge >= 0.3 is 61.2 Å². The first kappa shape index (κ1) is 10.6. The molecular formula is C6H11IN2Se. The Bertz CT molecular complexity index is 178. The van der Waals surface area contributed by atoms with E-state index in [1.54, 1.807) is 0 Å². The summed E-state index contributed by atoms with van der Waals surface area (Å²) < 4.78 is 6.40. The van der Waals surface area contributed by atoms with Gasteiger partial charge in [-0.2, -0.15) is 0 Å². The van der Waals surface area contributed by atoms with Crippen LogP contribution >= 0.6 is 0 Å². The third-order valence-electron chi connectivity index (χ3n) is 1.06. The largest absolute Gasteiger partial charge is 1.00 e. The zero-order valence-corrected chi connectivity index (χ0v) is 10.2. The van der Waals surface area contributed by atoms with Crippen LogP contribution in [-0.4, -0.2) is 18.9 Å². The predicted molar refractivity (Wildman–Crippen MR) is 36.4 cm³/mol. The average Bonchev–Trinajstić information content (AvgIpc) is 2.08. The molecule has 0 aliphatic rings. The van der Waals surface area contributed by atoms with Gasteiger partial charge in [-0.05, 0) is 0 Å². The van der Waals surface area contributed by atoms with E-state index in [1.807, 2.05) is 6.20 Å². The summed E-state index contributed by atoms with van der Waals surface area (Å²) in [6.45, 7) is 6.58. The normalized spacial score (nSPS) is 10.7. The van der Waals surface area contributed by atoms with E-state index >= 15 is 0 Å². The molecule has 1 heterocycles. The molecule has 0 radical (unpaired) electrons. The number of halogens is 1. The molecule has 0 aliphatic carbocycles. The van der Waals surface area contributed by atoms with Crippen LogP contribution in [0.1, 0.15) is 20.8 Å². The summed E-state index contributed by atoms with van der Waals surface area (Å²) in [5, 5.41) is 0. The molecule has 0 N–H and O–H groups in total. The van der Waals surface area contributed by atoms with Gasteiger partial charge in [-0.15, -0.1) is 0 Å². The van der Waals surface area contributed by atoms with Crippen LogP contribution in [0.5, 0.6) is 0 Å². The molecule has 1 rings (SSSR count). The smallest absolute Gasteiger partial charge is 1.00 e. The monoisotopic (exact) mass is 318 g/mol. The SMILES string of the molecule is CC(C)(C)[n+]1ccn[se]1.[I-]. The van der Waals surface area contributed by atoms with Gasteiger partial charge in [-0.1, -0.05) is 0 Å². The zero-order valence-electron chi connectivity index (χ0n) is 6.34. The fraction of sp³-hybridized carbons (Fsp3) is 0.667. The Morgan fingerprint density at radius 3 is 2.20 bits per heavy atom. The fourth-order valence-corrected chi connectivity index (χ4v) is 1.72. The molecule has 0 atom stereocenters. The first-order valence-electron chi connectivity index (χ1n) is 2.94. The van der Waals surface area contributed by atoms with Crippen molar-refractivity contribution in [1.29, 1.82) is 0 Å². The number of hydrogen-bond acceptors (Lipinski definition) is 1. The summed E-state index contributed by atoms with van der Waals surface area (Å²) in [6.07, 6.45) is 3.94.